The predicted octanol–water partition coefficient (Wildman–Crippen LogP) is 4.03. The highest BCUT2D eigenvalue weighted by Gasteiger charge is 2.30. The molecule has 0 spiro atoms. The molecule has 0 unspecified atom stereocenters. The highest BCUT2D eigenvalue weighted by atomic mass is 19.4. The maximum Gasteiger partial charge on any atom is 0.395 e. The van der Waals surface area contributed by atoms with Crippen molar-refractivity contribution in [2.75, 3.05) is 0 Å². The van der Waals surface area contributed by atoms with Gasteiger partial charge < -0.3 is 0 Å². The lowest BCUT2D eigenvalue weighted by molar-refractivity contribution is -0.152. The summed E-state index contributed by atoms with van der Waals surface area (Å²) in [7, 11) is 0. The van der Waals surface area contributed by atoms with Gasteiger partial charge in [-0.3, -0.25) is 4.79 Å². The first-order valence-corrected chi connectivity index (χ1v) is 5.19. The molecular weight excluding hydrogens is 205 g/mol. The monoisotopic (exact) mass is 222 g/mol. The molecule has 0 aromatic rings. The van der Waals surface area contributed by atoms with E-state index in [0.717, 1.165) is 19.3 Å². The van der Waals surface area contributed by atoms with Crippen LogP contribution in [0.15, 0.2) is 12.2 Å². The van der Waals surface area contributed by atoms with Crippen molar-refractivity contribution < 1.29 is 18.0 Å². The molecule has 0 radical (unpaired) electrons. The molecule has 0 aliphatic carbocycles. The summed E-state index contributed by atoms with van der Waals surface area (Å²) in [5, 5.41) is 0. The molecule has 0 aromatic carbocycles. The lowest BCUT2D eigenvalue weighted by atomic mass is 10.1. The van der Waals surface area contributed by atoms with Gasteiger partial charge >= 0.3 is 6.18 Å². The molecule has 0 bridgehead atoms. The average Bonchev–Trinajstić information content (AvgIpc) is 2.08. The second-order valence-electron chi connectivity index (χ2n) is 3.46. The number of Topliss-reactive ketones (excluding diaryl/α,β-unsaturated/α-hetero) is 1. The number of halogens is 3. The minimum atomic E-state index is -4.35. The number of carbonyl (C=O) groups excluding carboxylic acids is 1. The summed E-state index contributed by atoms with van der Waals surface area (Å²) in [4.78, 5) is 10.8. The van der Waals surface area contributed by atoms with E-state index in [1.807, 2.05) is 19.1 Å². The molecule has 4 heteroatoms. The minimum absolute atomic E-state index is 0.0411. The topological polar surface area (TPSA) is 17.1 Å². The van der Waals surface area contributed by atoms with Crippen molar-refractivity contribution in [2.24, 2.45) is 0 Å². The van der Waals surface area contributed by atoms with Gasteiger partial charge in [0, 0.05) is 6.42 Å². The van der Waals surface area contributed by atoms with Crippen molar-refractivity contribution in [2.45, 2.75) is 51.6 Å². The van der Waals surface area contributed by atoms with Crippen LogP contribution in [0.5, 0.6) is 0 Å². The highest BCUT2D eigenvalue weighted by Crippen LogP contribution is 2.21. The number of unbranched alkanes of at least 4 members (excludes halogenated alkanes) is 2. The highest BCUT2D eigenvalue weighted by molar-refractivity contribution is 5.78. The van der Waals surface area contributed by atoms with Crippen LogP contribution in [0.1, 0.15) is 45.4 Å². The maximum atomic E-state index is 11.7. The fourth-order valence-corrected chi connectivity index (χ4v) is 1.18. The Balaban J connectivity index is 3.44. The first kappa shape index (κ1) is 14.2. The first-order valence-electron chi connectivity index (χ1n) is 5.19. The van der Waals surface area contributed by atoms with Gasteiger partial charge in [0.2, 0.25) is 0 Å². The minimum Gasteiger partial charge on any atom is -0.299 e. The second-order valence-corrected chi connectivity index (χ2v) is 3.46. The third kappa shape index (κ3) is 11.1. The summed E-state index contributed by atoms with van der Waals surface area (Å²) in [5.41, 5.74) is 0. The zero-order valence-corrected chi connectivity index (χ0v) is 8.94. The summed E-state index contributed by atoms with van der Waals surface area (Å²) >= 11 is 0. The van der Waals surface area contributed by atoms with E-state index < -0.39 is 18.4 Å². The van der Waals surface area contributed by atoms with Gasteiger partial charge in [-0.25, -0.2) is 0 Å². The fourth-order valence-electron chi connectivity index (χ4n) is 1.18. The molecule has 0 amide bonds. The largest absolute Gasteiger partial charge is 0.395 e. The van der Waals surface area contributed by atoms with E-state index >= 15 is 0 Å². The summed E-state index contributed by atoms with van der Waals surface area (Å²) in [6, 6.07) is 0. The van der Waals surface area contributed by atoms with Crippen molar-refractivity contribution in [3.05, 3.63) is 12.2 Å². The molecule has 0 saturated heterocycles. The fraction of sp³-hybridized carbons (Fsp3) is 0.727. The number of rotatable bonds is 7. The van der Waals surface area contributed by atoms with E-state index in [-0.39, 0.29) is 6.42 Å². The number of ketones is 1. The van der Waals surface area contributed by atoms with Crippen LogP contribution >= 0.6 is 0 Å². The zero-order chi connectivity index (χ0) is 11.7. The van der Waals surface area contributed by atoms with Crippen LogP contribution in [0.2, 0.25) is 0 Å². The van der Waals surface area contributed by atoms with Crippen LogP contribution in [0.4, 0.5) is 13.2 Å². The third-order valence-electron chi connectivity index (χ3n) is 1.88. The van der Waals surface area contributed by atoms with Crippen molar-refractivity contribution in [3.8, 4) is 0 Å². The molecule has 88 valence electrons. The predicted molar refractivity (Wildman–Crippen MR) is 53.6 cm³/mol. The maximum absolute atomic E-state index is 11.7. The van der Waals surface area contributed by atoms with Gasteiger partial charge in [-0.2, -0.15) is 13.2 Å². The van der Waals surface area contributed by atoms with Crippen LogP contribution in [0.25, 0.3) is 0 Å². The summed E-state index contributed by atoms with van der Waals surface area (Å²) < 4.78 is 35.2. The Bertz CT molecular complexity index is 206. The molecule has 0 N–H and O–H groups in total. The number of hydrogen-bond acceptors (Lipinski definition) is 1. The van der Waals surface area contributed by atoms with Crippen LogP contribution in [0.3, 0.4) is 0 Å². The van der Waals surface area contributed by atoms with Gasteiger partial charge in [0.1, 0.15) is 12.2 Å². The van der Waals surface area contributed by atoms with Crippen LogP contribution < -0.4 is 0 Å². The van der Waals surface area contributed by atoms with Crippen molar-refractivity contribution in [1.82, 2.24) is 0 Å². The van der Waals surface area contributed by atoms with Crippen molar-refractivity contribution in [1.29, 1.82) is 0 Å². The van der Waals surface area contributed by atoms with Gasteiger partial charge in [-0.05, 0) is 25.7 Å². The van der Waals surface area contributed by atoms with Gasteiger partial charge in [0.25, 0.3) is 0 Å². The van der Waals surface area contributed by atoms with E-state index in [0.29, 0.717) is 6.42 Å². The van der Waals surface area contributed by atoms with Crippen LogP contribution in [-0.4, -0.2) is 12.0 Å². The molecule has 0 atom stereocenters. The number of alkyl halides is 3. The lowest BCUT2D eigenvalue weighted by Gasteiger charge is -2.04. The van der Waals surface area contributed by atoms with Crippen LogP contribution in [0, 0.1) is 0 Å². The van der Waals surface area contributed by atoms with E-state index in [1.54, 1.807) is 0 Å². The zero-order valence-electron chi connectivity index (χ0n) is 8.94. The molecular formula is C11H17F3O. The van der Waals surface area contributed by atoms with Gasteiger partial charge in [-0.15, -0.1) is 0 Å². The Labute approximate surface area is 88.4 Å². The lowest BCUT2D eigenvalue weighted by Crippen LogP contribution is -2.14. The molecule has 0 rings (SSSR count). The molecule has 1 nitrogen and oxygen atoms in total. The Morgan fingerprint density at radius 1 is 1.20 bits per heavy atom. The summed E-state index contributed by atoms with van der Waals surface area (Å²) in [6.45, 7) is 2.02. The van der Waals surface area contributed by atoms with Gasteiger partial charge in [0.05, 0.1) is 0 Å². The van der Waals surface area contributed by atoms with Crippen molar-refractivity contribution in [3.63, 3.8) is 0 Å². The molecule has 0 heterocycles. The van der Waals surface area contributed by atoms with E-state index in [4.69, 9.17) is 0 Å². The smallest absolute Gasteiger partial charge is 0.299 e. The van der Waals surface area contributed by atoms with E-state index in [2.05, 4.69) is 0 Å². The quantitative estimate of drug-likeness (QED) is 0.469. The Morgan fingerprint density at radius 3 is 2.40 bits per heavy atom. The molecule has 0 aliphatic rings. The second kappa shape index (κ2) is 7.49. The summed E-state index contributed by atoms with van der Waals surface area (Å²) in [6.07, 6.45) is 1.55. The number of hydrogen-bond donors (Lipinski definition) is 0. The number of carbonyl (C=O) groups is 1. The van der Waals surface area contributed by atoms with E-state index in [1.165, 1.54) is 0 Å². The normalized spacial score (nSPS) is 12.3. The Morgan fingerprint density at radius 2 is 1.87 bits per heavy atom. The molecule has 0 fully saturated rings. The Hall–Kier alpha value is -0.800. The summed E-state index contributed by atoms with van der Waals surface area (Å²) in [5.74, 6) is -0.707. The van der Waals surface area contributed by atoms with Gasteiger partial charge in [-0.1, -0.05) is 19.1 Å². The standard InChI is InChI=1S/C11H17F3O/c1-2-3-4-5-6-7-8-10(15)9-11(12,13)14/h3-4H,2,5-9H2,1H3/b4-3+. The third-order valence-corrected chi connectivity index (χ3v) is 1.88. The van der Waals surface area contributed by atoms with Gasteiger partial charge in [0.15, 0.2) is 0 Å². The number of allylic oxidation sites excluding steroid dienone is 2. The average molecular weight is 222 g/mol. The molecule has 0 aliphatic heterocycles. The Kier molecular flexibility index (Phi) is 7.09. The molecule has 15 heavy (non-hydrogen) atoms. The van der Waals surface area contributed by atoms with Crippen LogP contribution in [-0.2, 0) is 4.79 Å². The SMILES string of the molecule is CC/C=C/CCCCC(=O)CC(F)(F)F. The molecule has 0 saturated carbocycles. The van der Waals surface area contributed by atoms with E-state index in [9.17, 15) is 18.0 Å². The first-order chi connectivity index (χ1) is 6.95. The molecule has 0 aromatic heterocycles. The van der Waals surface area contributed by atoms with Crippen molar-refractivity contribution >= 4 is 5.78 Å².